The third kappa shape index (κ3) is 9.02. The van der Waals surface area contributed by atoms with Gasteiger partial charge in [0, 0.05) is 31.6 Å². The number of rotatable bonds is 14. The maximum absolute atomic E-state index is 15.4. The van der Waals surface area contributed by atoms with Crippen LogP contribution in [0, 0.1) is 16.0 Å². The minimum Gasteiger partial charge on any atom is -0.456 e. The number of benzene rings is 4. The van der Waals surface area contributed by atoms with Gasteiger partial charge in [-0.05, 0) is 71.7 Å². The molecule has 0 bridgehead atoms. The van der Waals surface area contributed by atoms with E-state index in [0.717, 1.165) is 27.7 Å². The Hall–Kier alpha value is -5.40. The van der Waals surface area contributed by atoms with Crippen LogP contribution >= 0.6 is 18.6 Å². The van der Waals surface area contributed by atoms with Crippen LogP contribution in [0.4, 0.5) is 5.69 Å². The molecule has 1 fully saturated rings. The summed E-state index contributed by atoms with van der Waals surface area (Å²) < 4.78 is 14.6. The number of carbonyl (C=O) groups excluding carboxylic acids is 3. The number of amides is 1. The Bertz CT molecular complexity index is 2350. The van der Waals surface area contributed by atoms with Crippen LogP contribution in [0.2, 0.25) is 18.1 Å². The van der Waals surface area contributed by atoms with Gasteiger partial charge in [0.05, 0.1) is 23.1 Å². The van der Waals surface area contributed by atoms with Gasteiger partial charge < -0.3 is 9.16 Å². The van der Waals surface area contributed by atoms with Crippen molar-refractivity contribution in [3.8, 4) is 0 Å². The molecule has 0 saturated carbocycles. The largest absolute Gasteiger partial charge is 0.456 e. The molecule has 60 heavy (non-hydrogen) atoms. The first-order chi connectivity index (χ1) is 28.5. The molecule has 0 radical (unpaired) electrons. The van der Waals surface area contributed by atoms with E-state index in [2.05, 4.69) is 44.2 Å². The van der Waals surface area contributed by atoms with Crippen molar-refractivity contribution in [1.29, 1.82) is 0 Å². The van der Waals surface area contributed by atoms with E-state index in [1.165, 1.54) is 29.2 Å². The first-order valence-electron chi connectivity index (χ1n) is 19.6. The average Bonchev–Trinajstić information content (AvgIpc) is 3.64. The van der Waals surface area contributed by atoms with Crippen molar-refractivity contribution in [2.24, 2.45) is 13.0 Å². The van der Waals surface area contributed by atoms with Crippen molar-refractivity contribution in [1.82, 2.24) is 19.9 Å². The second-order valence-electron chi connectivity index (χ2n) is 16.3. The van der Waals surface area contributed by atoms with Gasteiger partial charge in [0.15, 0.2) is 8.32 Å². The lowest BCUT2D eigenvalue weighted by atomic mass is 9.93. The van der Waals surface area contributed by atoms with Crippen LogP contribution < -0.4 is 15.9 Å². The van der Waals surface area contributed by atoms with Gasteiger partial charge in [-0.25, -0.2) is 4.79 Å². The summed E-state index contributed by atoms with van der Waals surface area (Å²) in [5, 5.41) is 20.5. The zero-order valence-corrected chi connectivity index (χ0v) is 37.7. The lowest BCUT2D eigenvalue weighted by Gasteiger charge is -2.52. The molecule has 1 aromatic heterocycles. The number of β-lactam (4-membered cyclic amide) rings is 1. The topological polar surface area (TPSA) is 147 Å². The van der Waals surface area contributed by atoms with E-state index in [1.54, 1.807) is 30.9 Å². The number of hydrogen-bond acceptors (Lipinski definition) is 10. The Morgan fingerprint density at radius 1 is 0.917 bits per heavy atom. The van der Waals surface area contributed by atoms with Crippen molar-refractivity contribution in [3.63, 3.8) is 0 Å². The summed E-state index contributed by atoms with van der Waals surface area (Å²) in [6.45, 7) is 10.6. The normalized spacial score (nSPS) is 16.5. The van der Waals surface area contributed by atoms with E-state index in [0.29, 0.717) is 16.8 Å². The molecule has 0 N–H and O–H groups in total. The highest BCUT2D eigenvalue weighted by Crippen LogP contribution is 2.52. The molecule has 4 aromatic carbocycles. The Morgan fingerprint density at radius 3 is 1.88 bits per heavy atom. The third-order valence-electron chi connectivity index (χ3n) is 11.1. The Labute approximate surface area is 356 Å². The van der Waals surface area contributed by atoms with Crippen LogP contribution in [0.5, 0.6) is 0 Å². The van der Waals surface area contributed by atoms with Gasteiger partial charge in [-0.2, -0.15) is 0 Å². The Kier molecular flexibility index (Phi) is 13.3. The van der Waals surface area contributed by atoms with Gasteiger partial charge in [-0.3, -0.25) is 29.3 Å². The van der Waals surface area contributed by atoms with Crippen LogP contribution in [0.3, 0.4) is 0 Å². The number of thioether (sulfide) groups is 1. The molecule has 1 saturated heterocycles. The molecule has 15 heteroatoms. The number of esters is 1. The number of nitro groups is 1. The maximum Gasteiger partial charge on any atom is 0.356 e. The molecular weight excluding hydrogens is 814 g/mol. The predicted octanol–water partition coefficient (Wildman–Crippen LogP) is 7.45. The number of likely N-dealkylation sites (tertiary alicyclic amines) is 1. The van der Waals surface area contributed by atoms with Crippen molar-refractivity contribution >= 4 is 77.1 Å². The van der Waals surface area contributed by atoms with Crippen molar-refractivity contribution < 1.29 is 28.5 Å². The molecular formula is C45H50N5O7PSSi. The molecule has 0 unspecified atom stereocenters. The molecule has 0 spiro atoms. The van der Waals surface area contributed by atoms with E-state index >= 15 is 9.59 Å². The molecule has 1 aliphatic rings. The van der Waals surface area contributed by atoms with E-state index < -0.39 is 43.5 Å². The number of ether oxygens (including phenoxy) is 1. The number of non-ortho nitro benzene ring substituents is 1. The Balaban J connectivity index is 1.61. The highest BCUT2D eigenvalue weighted by molar-refractivity contribution is 8.14. The predicted molar refractivity (Wildman–Crippen MR) is 242 cm³/mol. The first-order valence-corrected chi connectivity index (χ1v) is 25.1. The quantitative estimate of drug-likeness (QED) is 0.0210. The molecule has 1 aliphatic heterocycles. The molecule has 5 aromatic rings. The van der Waals surface area contributed by atoms with Crippen molar-refractivity contribution in [2.45, 2.75) is 70.8 Å². The van der Waals surface area contributed by atoms with Crippen LogP contribution in [-0.4, -0.2) is 67.0 Å². The summed E-state index contributed by atoms with van der Waals surface area (Å²) in [7, 11) is -0.699. The highest BCUT2D eigenvalue weighted by atomic mass is 32.2. The van der Waals surface area contributed by atoms with Gasteiger partial charge in [0.1, 0.15) is 23.1 Å². The van der Waals surface area contributed by atoms with Crippen LogP contribution in [0.1, 0.15) is 45.9 Å². The minimum absolute atomic E-state index is 0.0982. The molecule has 1 amide bonds. The summed E-state index contributed by atoms with van der Waals surface area (Å²) in [5.41, 5.74) is 1.41. The molecule has 312 valence electrons. The molecule has 3 atom stereocenters. The number of aromatic nitrogens is 3. The molecule has 12 nitrogen and oxygen atoms in total. The van der Waals surface area contributed by atoms with E-state index in [4.69, 9.17) is 9.16 Å². The van der Waals surface area contributed by atoms with E-state index in [9.17, 15) is 14.9 Å². The van der Waals surface area contributed by atoms with Gasteiger partial charge in [-0.15, -0.1) is 5.10 Å². The summed E-state index contributed by atoms with van der Waals surface area (Å²) >= 11 is 0.972. The SMILES string of the molecule is CC(=Cc1cn(C)nn1)C(=O)S[C@@H]1[C@@H]([C@@H](C)O[Si](C)(C)C(C)(C)C)C(=O)N1C(C(=O)OCc1ccc([N+](=O)[O-])cc1)=P(c1ccccc1)(c1ccccc1)c1ccccc1. The fourth-order valence-electron chi connectivity index (χ4n) is 6.99. The lowest BCUT2D eigenvalue weighted by molar-refractivity contribution is -0.384. The van der Waals surface area contributed by atoms with Gasteiger partial charge in [-0.1, -0.05) is 129 Å². The summed E-state index contributed by atoms with van der Waals surface area (Å²) in [6.07, 6.45) is 2.74. The number of hydrogen-bond donors (Lipinski definition) is 0. The first kappa shape index (κ1) is 44.2. The number of nitro benzene ring substituents is 1. The van der Waals surface area contributed by atoms with E-state index in [1.807, 2.05) is 97.9 Å². The zero-order chi connectivity index (χ0) is 43.4. The third-order valence-corrected chi connectivity index (χ3v) is 21.2. The van der Waals surface area contributed by atoms with Gasteiger partial charge in [0.25, 0.3) is 5.69 Å². The van der Waals surface area contributed by atoms with Crippen molar-refractivity contribution in [2.75, 3.05) is 0 Å². The molecule has 6 rings (SSSR count). The van der Waals surface area contributed by atoms with Gasteiger partial charge >= 0.3 is 5.97 Å². The van der Waals surface area contributed by atoms with Crippen LogP contribution in [-0.2, 0) is 37.2 Å². The Morgan fingerprint density at radius 2 is 1.43 bits per heavy atom. The van der Waals surface area contributed by atoms with Crippen LogP contribution in [0.15, 0.2) is 127 Å². The smallest absolute Gasteiger partial charge is 0.356 e. The molecule has 0 aliphatic carbocycles. The zero-order valence-electron chi connectivity index (χ0n) is 35.0. The summed E-state index contributed by atoms with van der Waals surface area (Å²) in [4.78, 5) is 57.5. The second-order valence-corrected chi connectivity index (χ2v) is 25.4. The van der Waals surface area contributed by atoms with Crippen LogP contribution in [0.25, 0.3) is 6.08 Å². The fourth-order valence-corrected chi connectivity index (χ4v) is 14.1. The number of aryl methyl sites for hydroxylation is 1. The second kappa shape index (κ2) is 18.1. The summed E-state index contributed by atoms with van der Waals surface area (Å²) in [6, 6.07) is 34.7. The fraction of sp³-hybridized carbons (Fsp3) is 0.289. The van der Waals surface area contributed by atoms with E-state index in [-0.39, 0.29) is 33.8 Å². The number of carbonyl (C=O) groups is 3. The summed E-state index contributed by atoms with van der Waals surface area (Å²) in [5.74, 6) is -1.93. The standard InChI is InChI=1S/C45H50N5O7PSSi/c1-31(28-34-29-48(6)47-46-34)44(53)59-42-39(32(2)57-60(7,8)45(3,4)5)40(51)49(42)41(43(52)56-30-33-24-26-35(27-25-33)50(54)55)58(36-18-12-9-13-19-36,37-20-14-10-15-21-37)38-22-16-11-17-23-38/h9-29,32,39,42H,30H2,1-8H3/t32-,39+,42-/m1/s1. The molecule has 2 heterocycles. The number of nitrogens with zero attached hydrogens (tertiary/aromatic N) is 5. The lowest BCUT2D eigenvalue weighted by Crippen LogP contribution is -2.68. The maximum atomic E-state index is 15.4. The minimum atomic E-state index is -3.34. The average molecular weight is 864 g/mol. The monoisotopic (exact) mass is 863 g/mol. The van der Waals surface area contributed by atoms with Gasteiger partial charge in [0.2, 0.25) is 11.0 Å². The van der Waals surface area contributed by atoms with Crippen molar-refractivity contribution in [3.05, 3.63) is 148 Å². The highest BCUT2D eigenvalue weighted by Gasteiger charge is 2.58.